The second-order valence-electron chi connectivity index (χ2n) is 9.70. The molecule has 0 radical (unpaired) electrons. The highest BCUT2D eigenvalue weighted by atomic mass is 35.5. The Morgan fingerprint density at radius 3 is 2.76 bits per heavy atom. The van der Waals surface area contributed by atoms with Crippen LogP contribution in [0.15, 0.2) is 41.7 Å². The number of rotatable bonds is 8. The zero-order chi connectivity index (χ0) is 30.1. The normalized spacial score (nSPS) is 15.2. The van der Waals surface area contributed by atoms with Crippen molar-refractivity contribution in [1.82, 2.24) is 19.1 Å². The van der Waals surface area contributed by atoms with Crippen molar-refractivity contribution in [2.24, 2.45) is 12.8 Å². The Morgan fingerprint density at radius 1 is 1.24 bits per heavy atom. The van der Waals surface area contributed by atoms with Crippen molar-refractivity contribution in [3.8, 4) is 16.9 Å². The Morgan fingerprint density at radius 2 is 2.02 bits per heavy atom. The maximum atomic E-state index is 13.3. The summed E-state index contributed by atoms with van der Waals surface area (Å²) in [4.78, 5) is 49.2. The molecule has 13 nitrogen and oxygen atoms in total. The number of halogens is 2. The van der Waals surface area contributed by atoms with Gasteiger partial charge in [0.25, 0.3) is 11.5 Å². The third-order valence-electron chi connectivity index (χ3n) is 6.89. The molecule has 5 rings (SSSR count). The highest BCUT2D eigenvalue weighted by Gasteiger charge is 2.25. The molecule has 0 bridgehead atoms. The van der Waals surface area contributed by atoms with E-state index in [1.165, 1.54) is 40.8 Å². The lowest BCUT2D eigenvalue weighted by Crippen LogP contribution is -2.48. The molecule has 4 aromatic rings. The highest BCUT2D eigenvalue weighted by molar-refractivity contribution is 6.34. The van der Waals surface area contributed by atoms with Crippen LogP contribution in [0.2, 0.25) is 10.0 Å². The number of hydrogen-bond acceptors (Lipinski definition) is 9. The Balaban J connectivity index is 1.48. The molecule has 1 atom stereocenters. The molecule has 1 saturated heterocycles. The molecule has 1 fully saturated rings. The number of aromatic nitrogens is 4. The fraction of sp³-hybridized carbons (Fsp3) is 0.296. The van der Waals surface area contributed by atoms with E-state index in [1.54, 1.807) is 19.4 Å². The van der Waals surface area contributed by atoms with Crippen molar-refractivity contribution in [2.75, 3.05) is 43.7 Å². The summed E-state index contributed by atoms with van der Waals surface area (Å²) in [5.74, 6) is -1.21. The molecule has 42 heavy (non-hydrogen) atoms. The van der Waals surface area contributed by atoms with Gasteiger partial charge in [-0.25, -0.2) is 9.97 Å². The number of carbonyl (C=O) groups excluding carboxylic acids is 2. The van der Waals surface area contributed by atoms with Gasteiger partial charge in [0.15, 0.2) is 0 Å². The molecule has 3 aromatic heterocycles. The number of benzene rings is 1. The van der Waals surface area contributed by atoms with E-state index in [2.05, 4.69) is 15.3 Å². The number of phenols is 1. The van der Waals surface area contributed by atoms with E-state index >= 15 is 0 Å². The minimum Gasteiger partial charge on any atom is -0.506 e. The number of anilines is 2. The van der Waals surface area contributed by atoms with Crippen LogP contribution in [0, 0.1) is 0 Å². The van der Waals surface area contributed by atoms with Gasteiger partial charge in [0.1, 0.15) is 23.8 Å². The first-order chi connectivity index (χ1) is 20.1. The number of aryl methyl sites for hydroxylation is 1. The molecule has 1 aromatic carbocycles. The van der Waals surface area contributed by atoms with Crippen LogP contribution in [0.5, 0.6) is 5.75 Å². The monoisotopic (exact) mass is 615 g/mol. The number of carbonyl (C=O) groups is 2. The van der Waals surface area contributed by atoms with E-state index in [-0.39, 0.29) is 39.2 Å². The van der Waals surface area contributed by atoms with Crippen LogP contribution in [0.4, 0.5) is 11.5 Å². The number of amides is 2. The molecule has 0 aliphatic carbocycles. The Hall–Kier alpha value is -4.17. The number of primary amides is 1. The number of nitrogens with two attached hydrogens (primary N) is 1. The van der Waals surface area contributed by atoms with Crippen LogP contribution in [-0.4, -0.2) is 75.5 Å². The van der Waals surface area contributed by atoms with Crippen LogP contribution >= 0.6 is 23.2 Å². The average Bonchev–Trinajstić information content (AvgIpc) is 3.32. The lowest BCUT2D eigenvalue weighted by molar-refractivity contribution is -0.116. The van der Waals surface area contributed by atoms with Crippen LogP contribution in [0.1, 0.15) is 10.4 Å². The standard InChI is InChI=1S/C27H27Cl2N7O6/c1-34-13-32-26-23(27(34)40)17(14-5-16(25(30)39)24(38)18(28)6-14)9-35(26)10-22(37)33-20-7-21(31-8-19(20)29)36-3-4-42-12-15(36)11-41-2/h5-9,13,15,38H,3-4,10-12H2,1-2H3,(H2,30,39)(H,31,33,37)/t15-/m0/s1. The molecule has 1 aliphatic heterocycles. The van der Waals surface area contributed by atoms with Crippen molar-refractivity contribution in [3.05, 3.63) is 62.9 Å². The highest BCUT2D eigenvalue weighted by Crippen LogP contribution is 2.36. The SMILES string of the molecule is COC[C@H]1COCCN1c1cc(NC(=O)Cn2cc(-c3cc(Cl)c(O)c(C(N)=O)c3)c3c(=O)n(C)cnc32)c(Cl)cn1. The van der Waals surface area contributed by atoms with Crippen molar-refractivity contribution in [1.29, 1.82) is 0 Å². The number of hydrogen-bond donors (Lipinski definition) is 3. The second kappa shape index (κ2) is 12.0. The van der Waals surface area contributed by atoms with Gasteiger partial charge in [0, 0.05) is 38.5 Å². The summed E-state index contributed by atoms with van der Waals surface area (Å²) in [6, 6.07) is 4.36. The first-order valence-corrected chi connectivity index (χ1v) is 13.5. The van der Waals surface area contributed by atoms with E-state index in [9.17, 15) is 19.5 Å². The van der Waals surface area contributed by atoms with Crippen molar-refractivity contribution in [2.45, 2.75) is 12.6 Å². The quantitative estimate of drug-likeness (QED) is 0.269. The van der Waals surface area contributed by atoms with E-state index in [0.717, 1.165) is 0 Å². The summed E-state index contributed by atoms with van der Waals surface area (Å²) in [5.41, 5.74) is 6.06. The Kier molecular flexibility index (Phi) is 8.36. The molecule has 1 aliphatic rings. The van der Waals surface area contributed by atoms with Crippen molar-refractivity contribution >= 4 is 57.6 Å². The van der Waals surface area contributed by atoms with Gasteiger partial charge >= 0.3 is 0 Å². The summed E-state index contributed by atoms with van der Waals surface area (Å²) in [6.07, 6.45) is 4.35. The molecular weight excluding hydrogens is 589 g/mol. The zero-order valence-electron chi connectivity index (χ0n) is 22.6. The smallest absolute Gasteiger partial charge is 0.263 e. The van der Waals surface area contributed by atoms with E-state index < -0.39 is 23.1 Å². The maximum Gasteiger partial charge on any atom is 0.263 e. The first-order valence-electron chi connectivity index (χ1n) is 12.7. The third kappa shape index (κ3) is 5.63. The summed E-state index contributed by atoms with van der Waals surface area (Å²) in [6.45, 7) is 1.79. The topological polar surface area (TPSA) is 167 Å². The van der Waals surface area contributed by atoms with E-state index in [1.807, 2.05) is 4.90 Å². The summed E-state index contributed by atoms with van der Waals surface area (Å²) in [7, 11) is 3.15. The van der Waals surface area contributed by atoms with Crippen molar-refractivity contribution < 1.29 is 24.2 Å². The van der Waals surface area contributed by atoms with Gasteiger partial charge in [-0.1, -0.05) is 23.2 Å². The van der Waals surface area contributed by atoms with Crippen LogP contribution in [0.3, 0.4) is 0 Å². The molecule has 0 spiro atoms. The molecule has 0 unspecified atom stereocenters. The lowest BCUT2D eigenvalue weighted by Gasteiger charge is -2.36. The lowest BCUT2D eigenvalue weighted by atomic mass is 10.0. The van der Waals surface area contributed by atoms with Gasteiger partial charge in [-0.2, -0.15) is 0 Å². The Bertz CT molecular complexity index is 1750. The van der Waals surface area contributed by atoms with Crippen molar-refractivity contribution in [3.63, 3.8) is 0 Å². The molecule has 220 valence electrons. The molecule has 15 heteroatoms. The third-order valence-corrected chi connectivity index (χ3v) is 7.48. The number of fused-ring (bicyclic) bond motifs is 1. The van der Waals surface area contributed by atoms with E-state index in [4.69, 9.17) is 38.4 Å². The van der Waals surface area contributed by atoms with E-state index in [0.29, 0.717) is 49.0 Å². The predicted molar refractivity (Wildman–Crippen MR) is 157 cm³/mol. The fourth-order valence-electron chi connectivity index (χ4n) is 4.86. The Labute approximate surface area is 249 Å². The number of nitrogens with zero attached hydrogens (tertiary/aromatic N) is 5. The number of methoxy groups -OCH3 is 1. The number of pyridine rings is 1. The van der Waals surface area contributed by atoms with Gasteiger partial charge in [0.2, 0.25) is 5.91 Å². The minimum absolute atomic E-state index is 0.0530. The molecular formula is C27H27Cl2N7O6. The second-order valence-corrected chi connectivity index (χ2v) is 10.5. The number of nitrogens with one attached hydrogen (secondary N) is 1. The summed E-state index contributed by atoms with van der Waals surface area (Å²) < 4.78 is 13.7. The van der Waals surface area contributed by atoms with Crippen LogP contribution in [-0.2, 0) is 27.9 Å². The number of ether oxygens (including phenoxy) is 2. The zero-order valence-corrected chi connectivity index (χ0v) is 24.1. The fourth-order valence-corrected chi connectivity index (χ4v) is 5.23. The van der Waals surface area contributed by atoms with Gasteiger partial charge in [-0.3, -0.25) is 14.4 Å². The average molecular weight is 616 g/mol. The van der Waals surface area contributed by atoms with Gasteiger partial charge in [0.05, 0.1) is 65.1 Å². The maximum absolute atomic E-state index is 13.3. The molecule has 0 saturated carbocycles. The minimum atomic E-state index is -0.899. The summed E-state index contributed by atoms with van der Waals surface area (Å²) >= 11 is 12.6. The first kappa shape index (κ1) is 29.3. The number of morpholine rings is 1. The number of aromatic hydroxyl groups is 1. The largest absolute Gasteiger partial charge is 0.506 e. The summed E-state index contributed by atoms with van der Waals surface area (Å²) in [5, 5.41) is 13.3. The van der Waals surface area contributed by atoms with Gasteiger partial charge in [-0.05, 0) is 17.7 Å². The van der Waals surface area contributed by atoms with Crippen LogP contribution in [0.25, 0.3) is 22.2 Å². The molecule has 2 amide bonds. The van der Waals surface area contributed by atoms with Gasteiger partial charge < -0.3 is 39.7 Å². The molecule has 4 heterocycles. The predicted octanol–water partition coefficient (Wildman–Crippen LogP) is 2.40. The van der Waals surface area contributed by atoms with Crippen LogP contribution < -0.4 is 21.5 Å². The van der Waals surface area contributed by atoms with Gasteiger partial charge in [-0.15, -0.1) is 0 Å². The molecule has 4 N–H and O–H groups in total.